The minimum absolute atomic E-state index is 0.0720. The van der Waals surface area contributed by atoms with Gasteiger partial charge in [0.1, 0.15) is 19.3 Å². The molecule has 0 saturated heterocycles. The van der Waals surface area contributed by atoms with Gasteiger partial charge in [0.15, 0.2) is 0 Å². The number of hydrogen-bond donors (Lipinski definition) is 5. The molecular weight excluding hydrogens is 418 g/mol. The van der Waals surface area contributed by atoms with Gasteiger partial charge in [-0.15, -0.1) is 0 Å². The molecule has 1 unspecified atom stereocenters. The lowest BCUT2D eigenvalue weighted by atomic mass is 10.1. The fourth-order valence-electron chi connectivity index (χ4n) is 2.02. The number of carbonyl (C=O) groups is 4. The summed E-state index contributed by atoms with van der Waals surface area (Å²) in [6.07, 6.45) is -0.597. The Morgan fingerprint density at radius 3 is 1.87 bits per heavy atom. The number of rotatable bonds is 21. The molecule has 13 heteroatoms. The van der Waals surface area contributed by atoms with E-state index < -0.39 is 23.9 Å². The van der Waals surface area contributed by atoms with Crippen LogP contribution in [0.1, 0.15) is 12.8 Å². The number of nitrogens with one attached hydrogen (secondary N) is 3. The lowest BCUT2D eigenvalue weighted by Crippen LogP contribution is -2.42. The minimum Gasteiger partial charge on any atom is -0.481 e. The molecule has 0 aromatic carbocycles. The second kappa shape index (κ2) is 19.6. The zero-order chi connectivity index (χ0) is 23.3. The number of ether oxygens (including phenoxy) is 4. The molecule has 13 nitrogen and oxygen atoms in total. The zero-order valence-electron chi connectivity index (χ0n) is 17.7. The maximum atomic E-state index is 11.6. The lowest BCUT2D eigenvalue weighted by Gasteiger charge is -2.13. The van der Waals surface area contributed by atoms with Crippen LogP contribution in [0.5, 0.6) is 0 Å². The quantitative estimate of drug-likeness (QED) is 0.120. The fraction of sp³-hybridized carbons (Fsp3) is 0.778. The molecule has 2 amide bonds. The number of carboxylic acid groups (broad SMARTS) is 2. The van der Waals surface area contributed by atoms with Crippen LogP contribution in [0.15, 0.2) is 0 Å². The van der Waals surface area contributed by atoms with Crippen LogP contribution in [0, 0.1) is 0 Å². The number of likely N-dealkylation sites (N-methyl/N-ethyl adjacent to an activating group) is 1. The van der Waals surface area contributed by atoms with Crippen LogP contribution in [0.25, 0.3) is 0 Å². The van der Waals surface area contributed by atoms with Gasteiger partial charge in [0, 0.05) is 19.5 Å². The Morgan fingerprint density at radius 2 is 1.32 bits per heavy atom. The van der Waals surface area contributed by atoms with E-state index in [4.69, 9.17) is 29.2 Å². The van der Waals surface area contributed by atoms with Gasteiger partial charge >= 0.3 is 11.9 Å². The highest BCUT2D eigenvalue weighted by molar-refractivity contribution is 5.84. The van der Waals surface area contributed by atoms with Gasteiger partial charge in [-0.25, -0.2) is 4.79 Å². The predicted octanol–water partition coefficient (Wildman–Crippen LogP) is -2.18. The third-order valence-corrected chi connectivity index (χ3v) is 3.56. The van der Waals surface area contributed by atoms with Crippen LogP contribution in [-0.4, -0.2) is 113 Å². The highest BCUT2D eigenvalue weighted by Crippen LogP contribution is 1.98. The zero-order valence-corrected chi connectivity index (χ0v) is 17.7. The van der Waals surface area contributed by atoms with Gasteiger partial charge in [0.2, 0.25) is 11.8 Å². The monoisotopic (exact) mass is 451 g/mol. The molecular formula is C18H33N3O10. The van der Waals surface area contributed by atoms with Gasteiger partial charge in [-0.2, -0.15) is 0 Å². The summed E-state index contributed by atoms with van der Waals surface area (Å²) in [4.78, 5) is 44.6. The highest BCUT2D eigenvalue weighted by Gasteiger charge is 2.20. The Hall–Kier alpha value is -2.32. The molecule has 0 spiro atoms. The summed E-state index contributed by atoms with van der Waals surface area (Å²) in [6.45, 7) is 2.39. The molecule has 0 fully saturated rings. The Morgan fingerprint density at radius 1 is 0.774 bits per heavy atom. The van der Waals surface area contributed by atoms with E-state index in [9.17, 15) is 19.2 Å². The Labute approximate surface area is 180 Å². The molecule has 1 atom stereocenters. The average Bonchev–Trinajstić information content (AvgIpc) is 2.71. The van der Waals surface area contributed by atoms with E-state index in [0.717, 1.165) is 6.54 Å². The van der Waals surface area contributed by atoms with Gasteiger partial charge in [-0.1, -0.05) is 0 Å². The van der Waals surface area contributed by atoms with E-state index in [-0.39, 0.29) is 58.3 Å². The van der Waals surface area contributed by atoms with E-state index in [2.05, 4.69) is 16.0 Å². The first-order valence-corrected chi connectivity index (χ1v) is 9.83. The maximum Gasteiger partial charge on any atom is 0.326 e. The minimum atomic E-state index is -1.32. The van der Waals surface area contributed by atoms with Crippen LogP contribution < -0.4 is 16.0 Å². The van der Waals surface area contributed by atoms with Gasteiger partial charge in [-0.05, 0) is 13.5 Å². The molecule has 0 rings (SSSR count). The van der Waals surface area contributed by atoms with E-state index in [0.29, 0.717) is 19.8 Å². The fourth-order valence-corrected chi connectivity index (χ4v) is 2.02. The van der Waals surface area contributed by atoms with Crippen molar-refractivity contribution in [3.63, 3.8) is 0 Å². The van der Waals surface area contributed by atoms with Crippen molar-refractivity contribution >= 4 is 23.8 Å². The number of hydrogen-bond acceptors (Lipinski definition) is 9. The number of carboxylic acids is 2. The molecule has 0 heterocycles. The first-order valence-electron chi connectivity index (χ1n) is 9.83. The Balaban J connectivity index is 3.57. The molecule has 0 aromatic heterocycles. The first-order chi connectivity index (χ1) is 14.9. The van der Waals surface area contributed by atoms with Crippen molar-refractivity contribution in [2.24, 2.45) is 0 Å². The summed E-state index contributed by atoms with van der Waals surface area (Å²) in [5.41, 5.74) is 0. The van der Waals surface area contributed by atoms with E-state index >= 15 is 0 Å². The average molecular weight is 451 g/mol. The van der Waals surface area contributed by atoms with Crippen molar-refractivity contribution in [2.45, 2.75) is 18.9 Å². The number of carbonyl (C=O) groups excluding carboxylic acids is 2. The number of aliphatic carboxylic acids is 2. The van der Waals surface area contributed by atoms with Crippen molar-refractivity contribution in [3.8, 4) is 0 Å². The highest BCUT2D eigenvalue weighted by atomic mass is 16.5. The standard InChI is InChI=1S/C18H33N3O10/c1-19-4-6-28-8-10-30-12-15(22)20-5-7-29-9-11-31-13-16(23)21-14(18(26)27)2-3-17(24)25/h14,19H,2-13H2,1H3,(H,20,22)(H,21,23)(H,24,25)(H,26,27). The van der Waals surface area contributed by atoms with Gasteiger partial charge in [0.05, 0.1) is 39.6 Å². The van der Waals surface area contributed by atoms with E-state index in [1.807, 2.05) is 7.05 Å². The molecule has 0 aliphatic rings. The van der Waals surface area contributed by atoms with E-state index in [1.165, 1.54) is 0 Å². The molecule has 0 saturated carbocycles. The van der Waals surface area contributed by atoms with Crippen molar-refractivity contribution in [2.75, 3.05) is 73.0 Å². The predicted molar refractivity (Wildman–Crippen MR) is 107 cm³/mol. The third-order valence-electron chi connectivity index (χ3n) is 3.56. The molecule has 180 valence electrons. The first kappa shape index (κ1) is 28.7. The molecule has 0 aliphatic carbocycles. The summed E-state index contributed by atoms with van der Waals surface area (Å²) < 4.78 is 20.7. The van der Waals surface area contributed by atoms with Gasteiger partial charge in [0.25, 0.3) is 0 Å². The van der Waals surface area contributed by atoms with Crippen molar-refractivity contribution < 1.29 is 48.3 Å². The lowest BCUT2D eigenvalue weighted by molar-refractivity contribution is -0.143. The number of amides is 2. The van der Waals surface area contributed by atoms with Crippen LogP contribution in [0.2, 0.25) is 0 Å². The summed E-state index contributed by atoms with van der Waals surface area (Å²) in [6, 6.07) is -1.29. The topological polar surface area (TPSA) is 182 Å². The summed E-state index contributed by atoms with van der Waals surface area (Å²) in [5, 5.41) is 25.3. The Bertz CT molecular complexity index is 533. The summed E-state index contributed by atoms with van der Waals surface area (Å²) in [7, 11) is 1.83. The molecule has 31 heavy (non-hydrogen) atoms. The Kier molecular flexibility index (Phi) is 18.2. The summed E-state index contributed by atoms with van der Waals surface area (Å²) in [5.74, 6) is -3.41. The van der Waals surface area contributed by atoms with Crippen molar-refractivity contribution in [1.82, 2.24) is 16.0 Å². The molecule has 0 aliphatic heterocycles. The van der Waals surface area contributed by atoms with Crippen molar-refractivity contribution in [3.05, 3.63) is 0 Å². The molecule has 0 bridgehead atoms. The molecule has 0 aromatic rings. The summed E-state index contributed by atoms with van der Waals surface area (Å²) >= 11 is 0. The molecule has 0 radical (unpaired) electrons. The second-order valence-corrected chi connectivity index (χ2v) is 6.17. The largest absolute Gasteiger partial charge is 0.481 e. The van der Waals surface area contributed by atoms with E-state index in [1.54, 1.807) is 0 Å². The SMILES string of the molecule is CNCCOCCOCC(=O)NCCOCCOCC(=O)NC(CCC(=O)O)C(=O)O. The maximum absolute atomic E-state index is 11.6. The normalized spacial score (nSPS) is 11.6. The molecule has 5 N–H and O–H groups in total. The van der Waals surface area contributed by atoms with Crippen LogP contribution in [0.3, 0.4) is 0 Å². The van der Waals surface area contributed by atoms with Gasteiger partial charge < -0.3 is 45.1 Å². The van der Waals surface area contributed by atoms with Crippen molar-refractivity contribution in [1.29, 1.82) is 0 Å². The van der Waals surface area contributed by atoms with Crippen LogP contribution >= 0.6 is 0 Å². The second-order valence-electron chi connectivity index (χ2n) is 6.17. The van der Waals surface area contributed by atoms with Crippen LogP contribution in [-0.2, 0) is 38.1 Å². The van der Waals surface area contributed by atoms with Gasteiger partial charge in [-0.3, -0.25) is 14.4 Å². The van der Waals surface area contributed by atoms with Crippen LogP contribution in [0.4, 0.5) is 0 Å². The smallest absolute Gasteiger partial charge is 0.326 e. The third kappa shape index (κ3) is 19.4.